The normalized spacial score (nSPS) is 11.3. The number of alkyl halides is 3. The van der Waals surface area contributed by atoms with Gasteiger partial charge in [-0.1, -0.05) is 36.4 Å². The van der Waals surface area contributed by atoms with Crippen LogP contribution in [0.1, 0.15) is 9.67 Å². The summed E-state index contributed by atoms with van der Waals surface area (Å²) in [6, 6.07) is 13.6. The Morgan fingerprint density at radius 2 is 1.76 bits per heavy atom. The Labute approximate surface area is 145 Å². The molecule has 1 amide bonds. The molecule has 0 atom stereocenters. The molecule has 0 spiro atoms. The highest BCUT2D eigenvalue weighted by Crippen LogP contribution is 2.28. The second-order valence-electron chi connectivity index (χ2n) is 5.09. The van der Waals surface area contributed by atoms with E-state index >= 15 is 0 Å². The Balaban J connectivity index is 1.92. The van der Waals surface area contributed by atoms with Crippen molar-refractivity contribution in [1.29, 1.82) is 0 Å². The van der Waals surface area contributed by atoms with Gasteiger partial charge in [0.05, 0.1) is 6.20 Å². The monoisotopic (exact) mass is 363 g/mol. The lowest BCUT2D eigenvalue weighted by Gasteiger charge is -2.22. The Hall–Kier alpha value is -2.74. The first kappa shape index (κ1) is 17.1. The van der Waals surface area contributed by atoms with Crippen molar-refractivity contribution in [3.8, 4) is 10.6 Å². The molecule has 0 fully saturated rings. The van der Waals surface area contributed by atoms with Crippen LogP contribution in [0.4, 0.5) is 19.0 Å². The van der Waals surface area contributed by atoms with E-state index < -0.39 is 18.6 Å². The van der Waals surface area contributed by atoms with Crippen LogP contribution >= 0.6 is 11.3 Å². The number of carbonyl (C=O) groups excluding carboxylic acids is 1. The van der Waals surface area contributed by atoms with Gasteiger partial charge in [-0.3, -0.25) is 9.69 Å². The van der Waals surface area contributed by atoms with Crippen molar-refractivity contribution in [2.45, 2.75) is 6.18 Å². The van der Waals surface area contributed by atoms with Gasteiger partial charge in [-0.05, 0) is 12.1 Å². The van der Waals surface area contributed by atoms with E-state index in [1.165, 1.54) is 24.5 Å². The number of anilines is 1. The summed E-state index contributed by atoms with van der Waals surface area (Å²) >= 11 is 1.05. The second-order valence-corrected chi connectivity index (χ2v) is 6.12. The van der Waals surface area contributed by atoms with Crippen molar-refractivity contribution in [1.82, 2.24) is 9.97 Å². The summed E-state index contributed by atoms with van der Waals surface area (Å²) in [6.45, 7) is -1.42. The van der Waals surface area contributed by atoms with E-state index in [0.717, 1.165) is 16.9 Å². The first-order valence-electron chi connectivity index (χ1n) is 7.25. The standard InChI is InChI=1S/C17H12F3N3OS/c18-17(19,20)11-23(14-8-4-5-9-21-14)16(24)13-10-22-15(25-13)12-6-2-1-3-7-12/h1-10H,11H2. The fourth-order valence-corrected chi connectivity index (χ4v) is 3.04. The molecule has 0 aliphatic heterocycles. The van der Waals surface area contributed by atoms with Crippen LogP contribution in [0.2, 0.25) is 0 Å². The minimum absolute atomic E-state index is 0.0560. The third kappa shape index (κ3) is 4.21. The predicted octanol–water partition coefficient (Wildman–Crippen LogP) is 4.41. The summed E-state index contributed by atoms with van der Waals surface area (Å²) < 4.78 is 38.7. The van der Waals surface area contributed by atoms with Gasteiger partial charge in [0.25, 0.3) is 5.91 Å². The lowest BCUT2D eigenvalue weighted by Crippen LogP contribution is -2.39. The van der Waals surface area contributed by atoms with E-state index in [-0.39, 0.29) is 10.7 Å². The molecule has 0 bridgehead atoms. The molecule has 0 N–H and O–H groups in total. The maximum atomic E-state index is 12.9. The predicted molar refractivity (Wildman–Crippen MR) is 89.5 cm³/mol. The number of halogens is 3. The minimum Gasteiger partial charge on any atom is -0.283 e. The van der Waals surface area contributed by atoms with Gasteiger partial charge in [0.1, 0.15) is 22.2 Å². The third-order valence-electron chi connectivity index (χ3n) is 3.25. The Bertz CT molecular complexity index is 850. The summed E-state index contributed by atoms with van der Waals surface area (Å²) in [5.74, 6) is -0.838. The maximum Gasteiger partial charge on any atom is 0.406 e. The quantitative estimate of drug-likeness (QED) is 0.690. The first-order chi connectivity index (χ1) is 11.9. The van der Waals surface area contributed by atoms with Gasteiger partial charge in [0.2, 0.25) is 0 Å². The molecular formula is C17H12F3N3OS. The van der Waals surface area contributed by atoms with E-state index in [1.54, 1.807) is 6.07 Å². The van der Waals surface area contributed by atoms with Crippen molar-refractivity contribution < 1.29 is 18.0 Å². The number of carbonyl (C=O) groups is 1. The van der Waals surface area contributed by atoms with Crippen LogP contribution in [0.3, 0.4) is 0 Å². The van der Waals surface area contributed by atoms with Crippen LogP contribution in [-0.2, 0) is 0 Å². The van der Waals surface area contributed by atoms with Gasteiger partial charge >= 0.3 is 6.18 Å². The topological polar surface area (TPSA) is 46.1 Å². The number of thiazole rings is 1. The molecule has 4 nitrogen and oxygen atoms in total. The number of nitrogens with zero attached hydrogens (tertiary/aromatic N) is 3. The SMILES string of the molecule is O=C(c1cnc(-c2ccccc2)s1)N(CC(F)(F)F)c1ccccn1. The van der Waals surface area contributed by atoms with Gasteiger partial charge in [0.15, 0.2) is 0 Å². The van der Waals surface area contributed by atoms with Gasteiger partial charge in [-0.15, -0.1) is 11.3 Å². The highest BCUT2D eigenvalue weighted by molar-refractivity contribution is 7.17. The average Bonchev–Trinajstić information content (AvgIpc) is 3.10. The fourth-order valence-electron chi connectivity index (χ4n) is 2.17. The number of amides is 1. The van der Waals surface area contributed by atoms with Crippen LogP contribution in [-0.4, -0.2) is 28.6 Å². The Kier molecular flexibility index (Phi) is 4.80. The van der Waals surface area contributed by atoms with E-state index in [1.807, 2.05) is 30.3 Å². The van der Waals surface area contributed by atoms with Crippen molar-refractivity contribution >= 4 is 23.1 Å². The molecular weight excluding hydrogens is 351 g/mol. The van der Waals surface area contributed by atoms with Crippen LogP contribution in [0.25, 0.3) is 10.6 Å². The van der Waals surface area contributed by atoms with Gasteiger partial charge < -0.3 is 0 Å². The lowest BCUT2D eigenvalue weighted by molar-refractivity contribution is -0.118. The molecule has 0 aliphatic carbocycles. The van der Waals surface area contributed by atoms with Crippen LogP contribution < -0.4 is 4.90 Å². The summed E-state index contributed by atoms with van der Waals surface area (Å²) in [5.41, 5.74) is 0.798. The smallest absolute Gasteiger partial charge is 0.283 e. The largest absolute Gasteiger partial charge is 0.406 e. The molecule has 0 saturated carbocycles. The van der Waals surface area contributed by atoms with Crippen LogP contribution in [0, 0.1) is 0 Å². The van der Waals surface area contributed by atoms with Crippen molar-refractivity contribution in [3.63, 3.8) is 0 Å². The zero-order valence-corrected chi connectivity index (χ0v) is 13.6. The third-order valence-corrected chi connectivity index (χ3v) is 4.28. The molecule has 8 heteroatoms. The molecule has 0 unspecified atom stereocenters. The summed E-state index contributed by atoms with van der Waals surface area (Å²) in [4.78, 5) is 21.4. The summed E-state index contributed by atoms with van der Waals surface area (Å²) in [5, 5.41) is 0.567. The van der Waals surface area contributed by atoms with Crippen LogP contribution in [0.5, 0.6) is 0 Å². The van der Waals surface area contributed by atoms with Crippen LogP contribution in [0.15, 0.2) is 60.9 Å². The van der Waals surface area contributed by atoms with E-state index in [9.17, 15) is 18.0 Å². The van der Waals surface area contributed by atoms with Gasteiger partial charge in [-0.25, -0.2) is 9.97 Å². The molecule has 25 heavy (non-hydrogen) atoms. The van der Waals surface area contributed by atoms with E-state index in [4.69, 9.17) is 0 Å². The van der Waals surface area contributed by atoms with E-state index in [2.05, 4.69) is 9.97 Å². The number of hydrogen-bond acceptors (Lipinski definition) is 4. The number of benzene rings is 1. The number of hydrogen-bond donors (Lipinski definition) is 0. The number of rotatable bonds is 4. The number of aromatic nitrogens is 2. The zero-order valence-electron chi connectivity index (χ0n) is 12.8. The molecule has 0 aliphatic rings. The molecule has 1 aromatic carbocycles. The van der Waals surface area contributed by atoms with Gasteiger partial charge in [-0.2, -0.15) is 13.2 Å². The molecule has 3 rings (SSSR count). The molecule has 3 aromatic rings. The second kappa shape index (κ2) is 7.02. The summed E-state index contributed by atoms with van der Waals surface area (Å²) in [6.07, 6.45) is -1.91. The lowest BCUT2D eigenvalue weighted by atomic mass is 10.2. The molecule has 128 valence electrons. The Morgan fingerprint density at radius 1 is 1.04 bits per heavy atom. The highest BCUT2D eigenvalue weighted by Gasteiger charge is 2.35. The molecule has 0 saturated heterocycles. The van der Waals surface area contributed by atoms with Crippen molar-refractivity contribution in [2.24, 2.45) is 0 Å². The average molecular weight is 363 g/mol. The summed E-state index contributed by atoms with van der Waals surface area (Å²) in [7, 11) is 0. The van der Waals surface area contributed by atoms with Gasteiger partial charge in [0, 0.05) is 11.8 Å². The molecule has 2 aromatic heterocycles. The van der Waals surface area contributed by atoms with Crippen molar-refractivity contribution in [2.75, 3.05) is 11.4 Å². The van der Waals surface area contributed by atoms with E-state index in [0.29, 0.717) is 9.91 Å². The number of pyridine rings is 1. The Morgan fingerprint density at radius 3 is 2.40 bits per heavy atom. The maximum absolute atomic E-state index is 12.9. The molecule has 2 heterocycles. The van der Waals surface area contributed by atoms with Crippen molar-refractivity contribution in [3.05, 3.63) is 65.8 Å². The first-order valence-corrected chi connectivity index (χ1v) is 8.06. The highest BCUT2D eigenvalue weighted by atomic mass is 32.1. The minimum atomic E-state index is -4.54. The zero-order chi connectivity index (χ0) is 17.9. The fraction of sp³-hybridized carbons (Fsp3) is 0.118. The molecule has 0 radical (unpaired) electrons.